The SMILES string of the molecule is CCc1csc(CNC(=O)C2CCC(NC(=O)C3CCS(=O)(=O)C3)CC2)n1. The molecule has 1 aliphatic heterocycles. The van der Waals surface area contributed by atoms with Crippen molar-refractivity contribution in [3.05, 3.63) is 16.1 Å². The number of rotatable bonds is 6. The van der Waals surface area contributed by atoms with Crippen LogP contribution in [0.1, 0.15) is 49.7 Å². The maximum absolute atomic E-state index is 12.4. The van der Waals surface area contributed by atoms with E-state index in [1.54, 1.807) is 11.3 Å². The molecule has 3 rings (SSSR count). The third-order valence-corrected chi connectivity index (χ3v) is 8.09. The standard InChI is InChI=1S/C18H27N3O4S2/c1-2-14-10-26-16(20-14)9-19-17(22)12-3-5-15(6-4-12)21-18(23)13-7-8-27(24,25)11-13/h10,12-13,15H,2-9,11H2,1H3,(H,19,22)(H,21,23). The first kappa shape index (κ1) is 20.3. The fourth-order valence-corrected chi connectivity index (χ4v) is 6.28. The Kier molecular flexibility index (Phi) is 6.52. The van der Waals surface area contributed by atoms with Gasteiger partial charge in [-0.1, -0.05) is 6.92 Å². The fourth-order valence-electron chi connectivity index (χ4n) is 3.72. The molecule has 0 aromatic carbocycles. The molecule has 1 aromatic rings. The van der Waals surface area contributed by atoms with E-state index in [1.165, 1.54) is 0 Å². The highest BCUT2D eigenvalue weighted by atomic mass is 32.2. The summed E-state index contributed by atoms with van der Waals surface area (Å²) in [6, 6.07) is 0.0379. The van der Waals surface area contributed by atoms with E-state index in [0.717, 1.165) is 42.8 Å². The van der Waals surface area contributed by atoms with Gasteiger partial charge in [0.1, 0.15) is 5.01 Å². The number of aromatic nitrogens is 1. The number of nitrogens with zero attached hydrogens (tertiary/aromatic N) is 1. The molecule has 1 saturated carbocycles. The summed E-state index contributed by atoms with van der Waals surface area (Å²) in [6.07, 6.45) is 4.28. The average Bonchev–Trinajstić information content (AvgIpc) is 3.26. The number of carbonyl (C=O) groups excluding carboxylic acids is 2. The second kappa shape index (κ2) is 8.68. The van der Waals surface area contributed by atoms with Crippen LogP contribution in [-0.4, -0.2) is 42.8 Å². The molecule has 2 N–H and O–H groups in total. The normalized spacial score (nSPS) is 27.2. The Morgan fingerprint density at radius 1 is 1.15 bits per heavy atom. The van der Waals surface area contributed by atoms with Gasteiger partial charge in [0, 0.05) is 17.3 Å². The molecule has 7 nitrogen and oxygen atoms in total. The van der Waals surface area contributed by atoms with Gasteiger partial charge in [-0.3, -0.25) is 9.59 Å². The number of thiazole rings is 1. The summed E-state index contributed by atoms with van der Waals surface area (Å²) >= 11 is 1.57. The van der Waals surface area contributed by atoms with E-state index < -0.39 is 15.8 Å². The van der Waals surface area contributed by atoms with Gasteiger partial charge in [-0.2, -0.15) is 0 Å². The maximum Gasteiger partial charge on any atom is 0.224 e. The Labute approximate surface area is 164 Å². The smallest absolute Gasteiger partial charge is 0.224 e. The molecule has 0 radical (unpaired) electrons. The van der Waals surface area contributed by atoms with Gasteiger partial charge in [0.2, 0.25) is 11.8 Å². The van der Waals surface area contributed by atoms with E-state index >= 15 is 0 Å². The van der Waals surface area contributed by atoms with E-state index in [9.17, 15) is 18.0 Å². The van der Waals surface area contributed by atoms with Gasteiger partial charge < -0.3 is 10.6 Å². The van der Waals surface area contributed by atoms with Crippen molar-refractivity contribution in [3.8, 4) is 0 Å². The van der Waals surface area contributed by atoms with E-state index in [-0.39, 0.29) is 35.3 Å². The van der Waals surface area contributed by atoms with Gasteiger partial charge in [0.05, 0.1) is 29.7 Å². The van der Waals surface area contributed by atoms with E-state index in [4.69, 9.17) is 0 Å². The number of aryl methyl sites for hydroxylation is 1. The summed E-state index contributed by atoms with van der Waals surface area (Å²) in [4.78, 5) is 29.1. The Morgan fingerprint density at radius 3 is 2.48 bits per heavy atom. The van der Waals surface area contributed by atoms with E-state index in [2.05, 4.69) is 22.5 Å². The predicted molar refractivity (Wildman–Crippen MR) is 104 cm³/mol. The van der Waals surface area contributed by atoms with Crippen LogP contribution < -0.4 is 10.6 Å². The van der Waals surface area contributed by atoms with Crippen molar-refractivity contribution in [2.24, 2.45) is 11.8 Å². The van der Waals surface area contributed by atoms with E-state index in [1.807, 2.05) is 5.38 Å². The van der Waals surface area contributed by atoms with Crippen LogP contribution in [0.15, 0.2) is 5.38 Å². The molecule has 2 aliphatic rings. The number of nitrogens with one attached hydrogen (secondary N) is 2. The molecule has 1 unspecified atom stereocenters. The minimum Gasteiger partial charge on any atom is -0.353 e. The van der Waals surface area contributed by atoms with Crippen molar-refractivity contribution in [1.29, 1.82) is 0 Å². The minimum absolute atomic E-state index is 0.0318. The van der Waals surface area contributed by atoms with Gasteiger partial charge in [0.25, 0.3) is 0 Å². The fraction of sp³-hybridized carbons (Fsp3) is 0.722. The molecule has 1 atom stereocenters. The highest BCUT2D eigenvalue weighted by Crippen LogP contribution is 2.26. The first-order valence-corrected chi connectivity index (χ1v) is 12.3. The zero-order valence-electron chi connectivity index (χ0n) is 15.6. The molecule has 2 fully saturated rings. The van der Waals surface area contributed by atoms with Crippen molar-refractivity contribution in [2.45, 2.75) is 58.0 Å². The monoisotopic (exact) mass is 413 g/mol. The predicted octanol–water partition coefficient (Wildman–Crippen LogP) is 1.43. The second-order valence-electron chi connectivity index (χ2n) is 7.46. The lowest BCUT2D eigenvalue weighted by Gasteiger charge is -2.29. The third kappa shape index (κ3) is 5.51. The zero-order valence-corrected chi connectivity index (χ0v) is 17.2. The first-order chi connectivity index (χ1) is 12.9. The first-order valence-electron chi connectivity index (χ1n) is 9.58. The van der Waals surface area contributed by atoms with Crippen LogP contribution >= 0.6 is 11.3 Å². The molecule has 27 heavy (non-hydrogen) atoms. The van der Waals surface area contributed by atoms with Gasteiger partial charge >= 0.3 is 0 Å². The molecule has 2 heterocycles. The molecule has 1 aliphatic carbocycles. The molecule has 9 heteroatoms. The summed E-state index contributed by atoms with van der Waals surface area (Å²) in [5.41, 5.74) is 1.05. The maximum atomic E-state index is 12.4. The van der Waals surface area contributed by atoms with Crippen molar-refractivity contribution >= 4 is 33.0 Å². The zero-order chi connectivity index (χ0) is 19.4. The molecule has 1 aromatic heterocycles. The average molecular weight is 414 g/mol. The number of sulfone groups is 1. The lowest BCUT2D eigenvalue weighted by Crippen LogP contribution is -2.43. The number of amides is 2. The second-order valence-corrected chi connectivity index (χ2v) is 10.6. The molecule has 1 saturated heterocycles. The summed E-state index contributed by atoms with van der Waals surface area (Å²) in [5.74, 6) is -0.475. The third-order valence-electron chi connectivity index (χ3n) is 5.42. The van der Waals surface area contributed by atoms with Crippen LogP contribution in [-0.2, 0) is 32.4 Å². The van der Waals surface area contributed by atoms with Crippen LogP contribution in [0, 0.1) is 11.8 Å². The number of hydrogen-bond donors (Lipinski definition) is 2. The highest BCUT2D eigenvalue weighted by molar-refractivity contribution is 7.91. The Balaban J connectivity index is 1.39. The minimum atomic E-state index is -3.05. The number of hydrogen-bond acceptors (Lipinski definition) is 6. The molecule has 0 bridgehead atoms. The van der Waals surface area contributed by atoms with Crippen molar-refractivity contribution < 1.29 is 18.0 Å². The van der Waals surface area contributed by atoms with Gasteiger partial charge in [0.15, 0.2) is 9.84 Å². The van der Waals surface area contributed by atoms with Crippen LogP contribution in [0.25, 0.3) is 0 Å². The van der Waals surface area contributed by atoms with Crippen LogP contribution in [0.4, 0.5) is 0 Å². The molecular weight excluding hydrogens is 386 g/mol. The Bertz CT molecular complexity index is 782. The Morgan fingerprint density at radius 2 is 1.89 bits per heavy atom. The van der Waals surface area contributed by atoms with Crippen LogP contribution in [0.3, 0.4) is 0 Å². The van der Waals surface area contributed by atoms with Crippen LogP contribution in [0.2, 0.25) is 0 Å². The topological polar surface area (TPSA) is 105 Å². The van der Waals surface area contributed by atoms with Gasteiger partial charge in [-0.25, -0.2) is 13.4 Å². The number of carbonyl (C=O) groups is 2. The summed E-state index contributed by atoms with van der Waals surface area (Å²) in [6.45, 7) is 2.52. The summed E-state index contributed by atoms with van der Waals surface area (Å²) in [7, 11) is -3.05. The lowest BCUT2D eigenvalue weighted by molar-refractivity contribution is -0.126. The molecule has 150 valence electrons. The Hall–Kier alpha value is -1.48. The lowest BCUT2D eigenvalue weighted by atomic mass is 9.85. The molecular formula is C18H27N3O4S2. The summed E-state index contributed by atoms with van der Waals surface area (Å²) in [5, 5.41) is 8.89. The quantitative estimate of drug-likeness (QED) is 0.734. The highest BCUT2D eigenvalue weighted by Gasteiger charge is 2.34. The van der Waals surface area contributed by atoms with Crippen molar-refractivity contribution in [2.75, 3.05) is 11.5 Å². The van der Waals surface area contributed by atoms with E-state index in [0.29, 0.717) is 13.0 Å². The van der Waals surface area contributed by atoms with Gasteiger partial charge in [-0.05, 0) is 38.5 Å². The molecule has 2 amide bonds. The molecule has 0 spiro atoms. The van der Waals surface area contributed by atoms with Gasteiger partial charge in [-0.15, -0.1) is 11.3 Å². The summed E-state index contributed by atoms with van der Waals surface area (Å²) < 4.78 is 23.0. The van der Waals surface area contributed by atoms with Crippen molar-refractivity contribution in [1.82, 2.24) is 15.6 Å². The largest absolute Gasteiger partial charge is 0.353 e. The van der Waals surface area contributed by atoms with Crippen LogP contribution in [0.5, 0.6) is 0 Å². The van der Waals surface area contributed by atoms with Crippen molar-refractivity contribution in [3.63, 3.8) is 0 Å².